The monoisotopic (exact) mass is 249 g/mol. The number of phenols is 1. The SMILES string of the molecule is Nc1ccc(CNc2ncccc2Cl)cc1O. The Morgan fingerprint density at radius 2 is 2.18 bits per heavy atom. The van der Waals surface area contributed by atoms with Crippen molar-refractivity contribution >= 4 is 23.1 Å². The molecular formula is C12H12ClN3O. The Hall–Kier alpha value is -1.94. The summed E-state index contributed by atoms with van der Waals surface area (Å²) in [6.07, 6.45) is 1.66. The summed E-state index contributed by atoms with van der Waals surface area (Å²) in [6, 6.07) is 8.63. The quantitative estimate of drug-likeness (QED) is 0.578. The summed E-state index contributed by atoms with van der Waals surface area (Å²) in [4.78, 5) is 4.10. The third kappa shape index (κ3) is 2.79. The fourth-order valence-corrected chi connectivity index (χ4v) is 1.59. The molecule has 0 bridgehead atoms. The Bertz CT molecular complexity index is 531. The lowest BCUT2D eigenvalue weighted by Gasteiger charge is -2.08. The summed E-state index contributed by atoms with van der Waals surface area (Å²) in [5.41, 5.74) is 6.78. The Morgan fingerprint density at radius 3 is 2.88 bits per heavy atom. The lowest BCUT2D eigenvalue weighted by molar-refractivity contribution is 0.477. The standard InChI is InChI=1S/C12H12ClN3O/c13-9-2-1-5-15-12(9)16-7-8-3-4-10(14)11(17)6-8/h1-6,17H,7,14H2,(H,15,16). The molecule has 0 amide bonds. The minimum absolute atomic E-state index is 0.0800. The second-order valence-electron chi connectivity index (χ2n) is 3.58. The van der Waals surface area contributed by atoms with Crippen LogP contribution in [-0.2, 0) is 6.54 Å². The highest BCUT2D eigenvalue weighted by Gasteiger charge is 2.02. The van der Waals surface area contributed by atoms with Gasteiger partial charge in [0.2, 0.25) is 0 Å². The molecule has 88 valence electrons. The Kier molecular flexibility index (Phi) is 3.35. The number of anilines is 2. The molecule has 2 aromatic rings. The van der Waals surface area contributed by atoms with Crippen LogP contribution in [0.4, 0.5) is 11.5 Å². The van der Waals surface area contributed by atoms with Crippen LogP contribution in [-0.4, -0.2) is 10.1 Å². The Labute approximate surface area is 104 Å². The predicted molar refractivity (Wildman–Crippen MR) is 69.1 cm³/mol. The third-order valence-corrected chi connectivity index (χ3v) is 2.62. The van der Waals surface area contributed by atoms with E-state index in [-0.39, 0.29) is 5.75 Å². The first kappa shape index (κ1) is 11.5. The number of rotatable bonds is 3. The number of nitrogen functional groups attached to an aromatic ring is 1. The van der Waals surface area contributed by atoms with Gasteiger partial charge >= 0.3 is 0 Å². The van der Waals surface area contributed by atoms with Crippen molar-refractivity contribution in [2.75, 3.05) is 11.1 Å². The fourth-order valence-electron chi connectivity index (χ4n) is 1.40. The zero-order valence-corrected chi connectivity index (χ0v) is 9.78. The second-order valence-corrected chi connectivity index (χ2v) is 3.99. The summed E-state index contributed by atoms with van der Waals surface area (Å²) >= 11 is 5.95. The number of hydrogen-bond donors (Lipinski definition) is 3. The van der Waals surface area contributed by atoms with E-state index >= 15 is 0 Å². The van der Waals surface area contributed by atoms with Gasteiger partial charge in [0.25, 0.3) is 0 Å². The molecule has 1 aromatic carbocycles. The fraction of sp³-hybridized carbons (Fsp3) is 0.0833. The van der Waals surface area contributed by atoms with Crippen molar-refractivity contribution in [2.45, 2.75) is 6.54 Å². The molecule has 2 rings (SSSR count). The van der Waals surface area contributed by atoms with Gasteiger partial charge in [0, 0.05) is 12.7 Å². The van der Waals surface area contributed by atoms with Crippen LogP contribution in [0.3, 0.4) is 0 Å². The van der Waals surface area contributed by atoms with Gasteiger partial charge in [0.15, 0.2) is 0 Å². The summed E-state index contributed by atoms with van der Waals surface area (Å²) in [7, 11) is 0. The molecule has 0 fully saturated rings. The molecule has 4 N–H and O–H groups in total. The van der Waals surface area contributed by atoms with Gasteiger partial charge in [0.05, 0.1) is 10.7 Å². The number of aromatic nitrogens is 1. The zero-order chi connectivity index (χ0) is 12.3. The molecule has 0 radical (unpaired) electrons. The van der Waals surface area contributed by atoms with Crippen molar-refractivity contribution in [1.29, 1.82) is 0 Å². The molecule has 0 saturated heterocycles. The zero-order valence-electron chi connectivity index (χ0n) is 9.02. The average Bonchev–Trinajstić information content (AvgIpc) is 2.32. The van der Waals surface area contributed by atoms with Gasteiger partial charge in [-0.2, -0.15) is 0 Å². The van der Waals surface area contributed by atoms with Crippen molar-refractivity contribution in [3.8, 4) is 5.75 Å². The highest BCUT2D eigenvalue weighted by atomic mass is 35.5. The van der Waals surface area contributed by atoms with E-state index in [1.165, 1.54) is 0 Å². The number of nitrogens with zero attached hydrogens (tertiary/aromatic N) is 1. The Balaban J connectivity index is 2.08. The number of phenolic OH excluding ortho intramolecular Hbond substituents is 1. The van der Waals surface area contributed by atoms with Gasteiger partial charge in [-0.25, -0.2) is 4.98 Å². The van der Waals surface area contributed by atoms with E-state index in [1.54, 1.807) is 30.5 Å². The van der Waals surface area contributed by atoms with Crippen molar-refractivity contribution < 1.29 is 5.11 Å². The van der Waals surface area contributed by atoms with Crippen molar-refractivity contribution in [1.82, 2.24) is 4.98 Å². The predicted octanol–water partition coefficient (Wildman–Crippen LogP) is 2.63. The average molecular weight is 250 g/mol. The molecule has 17 heavy (non-hydrogen) atoms. The molecule has 0 atom stereocenters. The molecule has 4 nitrogen and oxygen atoms in total. The molecule has 0 aliphatic carbocycles. The first-order valence-electron chi connectivity index (χ1n) is 5.08. The van der Waals surface area contributed by atoms with Crippen molar-refractivity contribution in [3.05, 3.63) is 47.1 Å². The molecule has 0 aliphatic rings. The van der Waals surface area contributed by atoms with Gasteiger partial charge in [-0.3, -0.25) is 0 Å². The van der Waals surface area contributed by atoms with Gasteiger partial charge in [-0.1, -0.05) is 17.7 Å². The Morgan fingerprint density at radius 1 is 1.35 bits per heavy atom. The van der Waals surface area contributed by atoms with Crippen molar-refractivity contribution in [2.24, 2.45) is 0 Å². The lowest BCUT2D eigenvalue weighted by Crippen LogP contribution is -2.01. The molecule has 0 spiro atoms. The largest absolute Gasteiger partial charge is 0.506 e. The van der Waals surface area contributed by atoms with E-state index in [9.17, 15) is 5.11 Å². The number of benzene rings is 1. The van der Waals surface area contributed by atoms with Crippen LogP contribution in [0.5, 0.6) is 5.75 Å². The maximum absolute atomic E-state index is 9.46. The minimum Gasteiger partial charge on any atom is -0.506 e. The van der Waals surface area contributed by atoms with Crippen LogP contribution >= 0.6 is 11.6 Å². The first-order valence-corrected chi connectivity index (χ1v) is 5.46. The molecule has 1 aromatic heterocycles. The number of nitrogens with one attached hydrogen (secondary N) is 1. The molecule has 0 saturated carbocycles. The van der Waals surface area contributed by atoms with Crippen LogP contribution in [0, 0.1) is 0 Å². The second kappa shape index (κ2) is 4.93. The maximum Gasteiger partial charge on any atom is 0.145 e. The van der Waals surface area contributed by atoms with Gasteiger partial charge in [-0.05, 0) is 29.8 Å². The van der Waals surface area contributed by atoms with Crippen molar-refractivity contribution in [3.63, 3.8) is 0 Å². The van der Waals surface area contributed by atoms with Crippen LogP contribution in [0.1, 0.15) is 5.56 Å². The lowest BCUT2D eigenvalue weighted by atomic mass is 10.2. The minimum atomic E-state index is 0.0800. The molecule has 1 heterocycles. The number of pyridine rings is 1. The first-order chi connectivity index (χ1) is 8.16. The van der Waals surface area contributed by atoms with Gasteiger partial charge in [-0.15, -0.1) is 0 Å². The number of aromatic hydroxyl groups is 1. The van der Waals surface area contributed by atoms with Crippen LogP contribution in [0.25, 0.3) is 0 Å². The van der Waals surface area contributed by atoms with E-state index in [4.69, 9.17) is 17.3 Å². The van der Waals surface area contributed by atoms with E-state index in [0.29, 0.717) is 23.1 Å². The van der Waals surface area contributed by atoms with Crippen LogP contribution < -0.4 is 11.1 Å². The molecule has 5 heteroatoms. The smallest absolute Gasteiger partial charge is 0.145 e. The number of hydrogen-bond acceptors (Lipinski definition) is 4. The van der Waals surface area contributed by atoms with Gasteiger partial charge in [0.1, 0.15) is 11.6 Å². The molecule has 0 aliphatic heterocycles. The number of nitrogens with two attached hydrogens (primary N) is 1. The van der Waals surface area contributed by atoms with E-state index < -0.39 is 0 Å². The maximum atomic E-state index is 9.46. The van der Waals surface area contributed by atoms with Crippen LogP contribution in [0.15, 0.2) is 36.5 Å². The summed E-state index contributed by atoms with van der Waals surface area (Å²) < 4.78 is 0. The molecule has 0 unspecified atom stereocenters. The summed E-state index contributed by atoms with van der Waals surface area (Å²) in [5.74, 6) is 0.696. The highest BCUT2D eigenvalue weighted by Crippen LogP contribution is 2.22. The normalized spacial score (nSPS) is 10.2. The third-order valence-electron chi connectivity index (χ3n) is 2.31. The molecular weight excluding hydrogens is 238 g/mol. The van der Waals surface area contributed by atoms with Crippen LogP contribution in [0.2, 0.25) is 5.02 Å². The van der Waals surface area contributed by atoms with E-state index in [2.05, 4.69) is 10.3 Å². The summed E-state index contributed by atoms with van der Waals surface area (Å²) in [5, 5.41) is 13.1. The van der Waals surface area contributed by atoms with E-state index in [0.717, 1.165) is 5.56 Å². The topological polar surface area (TPSA) is 71.2 Å². The van der Waals surface area contributed by atoms with E-state index in [1.807, 2.05) is 6.07 Å². The highest BCUT2D eigenvalue weighted by molar-refractivity contribution is 6.32. The van der Waals surface area contributed by atoms with Gasteiger partial charge < -0.3 is 16.2 Å². The number of halogens is 1. The summed E-state index contributed by atoms with van der Waals surface area (Å²) in [6.45, 7) is 0.518.